The second-order valence-corrected chi connectivity index (χ2v) is 3.49. The molecule has 3 nitrogen and oxygen atoms in total. The smallest absolute Gasteiger partial charge is 0.213 e. The van der Waals surface area contributed by atoms with Gasteiger partial charge in [0.1, 0.15) is 0 Å². The monoisotopic (exact) mass is 208 g/mol. The summed E-state index contributed by atoms with van der Waals surface area (Å²) >= 11 is 0. The third-order valence-corrected chi connectivity index (χ3v) is 2.12. The Morgan fingerprint density at radius 3 is 2.80 bits per heavy atom. The normalized spacial score (nSPS) is 10.3. The molecule has 0 radical (unpaired) electrons. The summed E-state index contributed by atoms with van der Waals surface area (Å²) < 4.78 is 5.47. The molecule has 0 saturated heterocycles. The van der Waals surface area contributed by atoms with Crippen LogP contribution in [0.1, 0.15) is 32.3 Å². The Hall–Kier alpha value is -1.09. The van der Waals surface area contributed by atoms with Gasteiger partial charge in [0, 0.05) is 18.8 Å². The molecular formula is C12H20N2O. The average molecular weight is 208 g/mol. The molecular weight excluding hydrogens is 188 g/mol. The number of rotatable bonds is 7. The summed E-state index contributed by atoms with van der Waals surface area (Å²) in [7, 11) is 0. The van der Waals surface area contributed by atoms with E-state index in [2.05, 4.69) is 30.2 Å². The van der Waals surface area contributed by atoms with Crippen LogP contribution in [0, 0.1) is 0 Å². The first kappa shape index (κ1) is 12.0. The summed E-state index contributed by atoms with van der Waals surface area (Å²) in [5.41, 5.74) is 1.19. The Morgan fingerprint density at radius 1 is 1.33 bits per heavy atom. The molecule has 0 atom stereocenters. The van der Waals surface area contributed by atoms with Gasteiger partial charge < -0.3 is 10.1 Å². The van der Waals surface area contributed by atoms with Gasteiger partial charge in [-0.3, -0.25) is 0 Å². The highest BCUT2D eigenvalue weighted by Gasteiger charge is 1.96. The zero-order chi connectivity index (χ0) is 10.9. The van der Waals surface area contributed by atoms with Crippen LogP contribution in [-0.4, -0.2) is 18.1 Å². The molecule has 0 unspecified atom stereocenters. The van der Waals surface area contributed by atoms with E-state index in [0.717, 1.165) is 38.4 Å². The average Bonchev–Trinajstić information content (AvgIpc) is 2.28. The Labute approximate surface area is 91.9 Å². The first-order valence-corrected chi connectivity index (χ1v) is 5.65. The minimum atomic E-state index is 0.726. The third-order valence-electron chi connectivity index (χ3n) is 2.12. The molecule has 0 spiro atoms. The second kappa shape index (κ2) is 7.23. The lowest BCUT2D eigenvalue weighted by Gasteiger charge is -2.05. The fourth-order valence-corrected chi connectivity index (χ4v) is 1.19. The standard InChI is InChI=1S/C12H20N2O/c1-3-5-8-15-12-7-6-11(10-14-12)9-13-4-2/h6-7,10,13H,3-5,8-9H2,1-2H3. The van der Waals surface area contributed by atoms with Gasteiger partial charge in [-0.1, -0.05) is 26.3 Å². The van der Waals surface area contributed by atoms with E-state index in [1.165, 1.54) is 5.56 Å². The predicted molar refractivity (Wildman–Crippen MR) is 62.0 cm³/mol. The Balaban J connectivity index is 2.35. The molecule has 1 N–H and O–H groups in total. The third kappa shape index (κ3) is 4.79. The highest BCUT2D eigenvalue weighted by molar-refractivity contribution is 5.17. The lowest BCUT2D eigenvalue weighted by molar-refractivity contribution is 0.297. The van der Waals surface area contributed by atoms with E-state index < -0.39 is 0 Å². The number of hydrogen-bond acceptors (Lipinski definition) is 3. The highest BCUT2D eigenvalue weighted by Crippen LogP contribution is 2.07. The van der Waals surface area contributed by atoms with Crippen molar-refractivity contribution >= 4 is 0 Å². The fourth-order valence-electron chi connectivity index (χ4n) is 1.19. The van der Waals surface area contributed by atoms with Crippen molar-refractivity contribution in [3.05, 3.63) is 23.9 Å². The number of unbranched alkanes of at least 4 members (excludes halogenated alkanes) is 1. The van der Waals surface area contributed by atoms with Crippen molar-refractivity contribution in [2.75, 3.05) is 13.2 Å². The van der Waals surface area contributed by atoms with Gasteiger partial charge in [0.15, 0.2) is 0 Å². The van der Waals surface area contributed by atoms with E-state index in [1.54, 1.807) is 0 Å². The molecule has 0 aliphatic carbocycles. The maximum atomic E-state index is 5.47. The Bertz CT molecular complexity index is 259. The summed E-state index contributed by atoms with van der Waals surface area (Å²) in [6.07, 6.45) is 4.10. The van der Waals surface area contributed by atoms with E-state index in [4.69, 9.17) is 4.74 Å². The first-order valence-electron chi connectivity index (χ1n) is 5.65. The molecule has 3 heteroatoms. The van der Waals surface area contributed by atoms with Gasteiger partial charge in [0.25, 0.3) is 0 Å². The van der Waals surface area contributed by atoms with Crippen LogP contribution in [0.2, 0.25) is 0 Å². The van der Waals surface area contributed by atoms with Crippen molar-refractivity contribution in [2.45, 2.75) is 33.2 Å². The van der Waals surface area contributed by atoms with Crippen LogP contribution in [-0.2, 0) is 6.54 Å². The maximum absolute atomic E-state index is 5.47. The number of hydrogen-bond donors (Lipinski definition) is 1. The molecule has 15 heavy (non-hydrogen) atoms. The second-order valence-electron chi connectivity index (χ2n) is 3.49. The van der Waals surface area contributed by atoms with Crippen molar-refractivity contribution < 1.29 is 4.74 Å². The highest BCUT2D eigenvalue weighted by atomic mass is 16.5. The van der Waals surface area contributed by atoms with E-state index in [0.29, 0.717) is 0 Å². The minimum absolute atomic E-state index is 0.726. The van der Waals surface area contributed by atoms with Gasteiger partial charge in [0.2, 0.25) is 5.88 Å². The Morgan fingerprint density at radius 2 is 2.20 bits per heavy atom. The number of ether oxygens (including phenoxy) is 1. The van der Waals surface area contributed by atoms with Gasteiger partial charge in [-0.2, -0.15) is 0 Å². The van der Waals surface area contributed by atoms with Crippen molar-refractivity contribution in [3.63, 3.8) is 0 Å². The van der Waals surface area contributed by atoms with Crippen molar-refractivity contribution in [1.29, 1.82) is 0 Å². The van der Waals surface area contributed by atoms with E-state index in [9.17, 15) is 0 Å². The van der Waals surface area contributed by atoms with E-state index in [-0.39, 0.29) is 0 Å². The summed E-state index contributed by atoms with van der Waals surface area (Å²) in [6, 6.07) is 3.99. The van der Waals surface area contributed by atoms with Crippen molar-refractivity contribution in [3.8, 4) is 5.88 Å². The van der Waals surface area contributed by atoms with Crippen LogP contribution < -0.4 is 10.1 Å². The molecule has 0 aliphatic heterocycles. The van der Waals surface area contributed by atoms with Crippen LogP contribution in [0.5, 0.6) is 5.88 Å². The van der Waals surface area contributed by atoms with Crippen molar-refractivity contribution in [1.82, 2.24) is 10.3 Å². The van der Waals surface area contributed by atoms with Gasteiger partial charge in [-0.05, 0) is 18.5 Å². The molecule has 1 aromatic rings. The van der Waals surface area contributed by atoms with Gasteiger partial charge in [0.05, 0.1) is 6.61 Å². The molecule has 0 saturated carbocycles. The molecule has 0 aliphatic rings. The van der Waals surface area contributed by atoms with Crippen LogP contribution in [0.25, 0.3) is 0 Å². The largest absolute Gasteiger partial charge is 0.478 e. The first-order chi connectivity index (χ1) is 7.36. The van der Waals surface area contributed by atoms with Gasteiger partial charge in [-0.25, -0.2) is 4.98 Å². The summed E-state index contributed by atoms with van der Waals surface area (Å²) in [5.74, 6) is 0.726. The van der Waals surface area contributed by atoms with E-state index in [1.807, 2.05) is 12.3 Å². The molecule has 0 aromatic carbocycles. The lowest BCUT2D eigenvalue weighted by atomic mass is 10.3. The molecule has 1 aromatic heterocycles. The SMILES string of the molecule is CCCCOc1ccc(CNCC)cn1. The minimum Gasteiger partial charge on any atom is -0.478 e. The van der Waals surface area contributed by atoms with E-state index >= 15 is 0 Å². The molecule has 0 amide bonds. The quantitative estimate of drug-likeness (QED) is 0.698. The van der Waals surface area contributed by atoms with Crippen LogP contribution in [0.4, 0.5) is 0 Å². The summed E-state index contributed by atoms with van der Waals surface area (Å²) in [5, 5.41) is 3.26. The maximum Gasteiger partial charge on any atom is 0.213 e. The summed E-state index contributed by atoms with van der Waals surface area (Å²) in [6.45, 7) is 6.86. The number of aromatic nitrogens is 1. The zero-order valence-corrected chi connectivity index (χ0v) is 9.62. The number of nitrogens with one attached hydrogen (secondary N) is 1. The van der Waals surface area contributed by atoms with Crippen molar-refractivity contribution in [2.24, 2.45) is 0 Å². The van der Waals surface area contributed by atoms with Crippen LogP contribution in [0.15, 0.2) is 18.3 Å². The van der Waals surface area contributed by atoms with Crippen LogP contribution >= 0.6 is 0 Å². The lowest BCUT2D eigenvalue weighted by Crippen LogP contribution is -2.11. The Kier molecular flexibility index (Phi) is 5.78. The fraction of sp³-hybridized carbons (Fsp3) is 0.583. The molecule has 1 rings (SSSR count). The summed E-state index contributed by atoms with van der Waals surface area (Å²) in [4.78, 5) is 4.24. The molecule has 1 heterocycles. The number of pyridine rings is 1. The molecule has 0 bridgehead atoms. The molecule has 0 fully saturated rings. The van der Waals surface area contributed by atoms with Gasteiger partial charge >= 0.3 is 0 Å². The number of nitrogens with zero attached hydrogens (tertiary/aromatic N) is 1. The predicted octanol–water partition coefficient (Wildman–Crippen LogP) is 2.37. The van der Waals surface area contributed by atoms with Crippen LogP contribution in [0.3, 0.4) is 0 Å². The topological polar surface area (TPSA) is 34.1 Å². The van der Waals surface area contributed by atoms with Gasteiger partial charge in [-0.15, -0.1) is 0 Å². The molecule has 84 valence electrons. The zero-order valence-electron chi connectivity index (χ0n) is 9.62.